The van der Waals surface area contributed by atoms with E-state index in [0.717, 1.165) is 42.5 Å². The Kier molecular flexibility index (Phi) is 3.06. The van der Waals surface area contributed by atoms with E-state index in [2.05, 4.69) is 35.0 Å². The van der Waals surface area contributed by atoms with Crippen molar-refractivity contribution in [3.8, 4) is 0 Å². The van der Waals surface area contributed by atoms with E-state index in [4.69, 9.17) is 17.0 Å². The van der Waals surface area contributed by atoms with Gasteiger partial charge < -0.3 is 14.6 Å². The fourth-order valence-electron chi connectivity index (χ4n) is 2.48. The van der Waals surface area contributed by atoms with E-state index < -0.39 is 0 Å². The largest absolute Gasteiger partial charge is 0.378 e. The number of morpholine rings is 1. The molecule has 18 heavy (non-hydrogen) atoms. The molecule has 1 aliphatic heterocycles. The molecule has 0 saturated carbocycles. The number of nitrogens with one attached hydrogen (secondary N) is 1. The summed E-state index contributed by atoms with van der Waals surface area (Å²) in [7, 11) is 0. The lowest BCUT2D eigenvalue weighted by molar-refractivity contribution is 0.0693. The zero-order valence-electron chi connectivity index (χ0n) is 10.4. The molecule has 0 bridgehead atoms. The monoisotopic (exact) mass is 260 g/mol. The Balaban J connectivity index is 2.02. The van der Waals surface area contributed by atoms with E-state index in [1.807, 2.05) is 6.07 Å². The Morgan fingerprint density at radius 1 is 1.28 bits per heavy atom. The van der Waals surface area contributed by atoms with Crippen molar-refractivity contribution < 1.29 is 4.74 Å². The number of aryl methyl sites for hydroxylation is 1. The van der Waals surface area contributed by atoms with E-state index in [1.165, 1.54) is 10.9 Å². The molecule has 1 saturated heterocycles. The van der Waals surface area contributed by atoms with Gasteiger partial charge in [-0.1, -0.05) is 30.4 Å². The minimum Gasteiger partial charge on any atom is -0.378 e. The van der Waals surface area contributed by atoms with E-state index in [0.29, 0.717) is 0 Å². The smallest absolute Gasteiger partial charge is 0.111 e. The Morgan fingerprint density at radius 2 is 2.00 bits per heavy atom. The normalized spacial score (nSPS) is 16.2. The predicted octanol–water partition coefficient (Wildman–Crippen LogP) is 2.48. The number of rotatable bonds is 1. The molecule has 0 spiro atoms. The van der Waals surface area contributed by atoms with Gasteiger partial charge in [0.05, 0.1) is 13.2 Å². The standard InChI is InChI=1S/C14H16N2OS/c1-10-13(11-4-2-3-5-12(11)15-10)14(18)16-6-8-17-9-7-16/h2-5,15H,6-9H2,1H3. The number of aromatic amines is 1. The predicted molar refractivity (Wildman–Crippen MR) is 77.1 cm³/mol. The molecule has 3 rings (SSSR count). The molecule has 0 atom stereocenters. The maximum Gasteiger partial charge on any atom is 0.111 e. The number of hydrogen-bond donors (Lipinski definition) is 1. The molecule has 0 unspecified atom stereocenters. The van der Waals surface area contributed by atoms with Crippen LogP contribution in [0.4, 0.5) is 0 Å². The van der Waals surface area contributed by atoms with Crippen LogP contribution >= 0.6 is 12.2 Å². The summed E-state index contributed by atoms with van der Waals surface area (Å²) in [5.41, 5.74) is 3.47. The van der Waals surface area contributed by atoms with Gasteiger partial charge in [-0.2, -0.15) is 0 Å². The van der Waals surface area contributed by atoms with Crippen molar-refractivity contribution in [2.45, 2.75) is 6.92 Å². The Bertz CT molecular complexity index is 584. The van der Waals surface area contributed by atoms with E-state index >= 15 is 0 Å². The first kappa shape index (κ1) is 11.7. The van der Waals surface area contributed by atoms with Crippen LogP contribution in [-0.2, 0) is 4.74 Å². The number of benzene rings is 1. The first-order valence-corrected chi connectivity index (χ1v) is 6.62. The lowest BCUT2D eigenvalue weighted by Crippen LogP contribution is -2.40. The molecule has 2 aromatic rings. The Morgan fingerprint density at radius 3 is 2.78 bits per heavy atom. The molecule has 1 aromatic carbocycles. The second-order valence-corrected chi connectivity index (χ2v) is 4.96. The molecule has 0 radical (unpaired) electrons. The van der Waals surface area contributed by atoms with Crippen LogP contribution in [0.15, 0.2) is 24.3 Å². The Labute approximate surface area is 112 Å². The quantitative estimate of drug-likeness (QED) is 0.799. The van der Waals surface area contributed by atoms with Crippen molar-refractivity contribution in [2.24, 2.45) is 0 Å². The summed E-state index contributed by atoms with van der Waals surface area (Å²) < 4.78 is 5.38. The van der Waals surface area contributed by atoms with Gasteiger partial charge in [-0.15, -0.1) is 0 Å². The number of thiocarbonyl (C=S) groups is 1. The molecule has 0 aliphatic carbocycles. The second-order valence-electron chi connectivity index (χ2n) is 4.58. The minimum absolute atomic E-state index is 0.765. The molecule has 94 valence electrons. The first-order chi connectivity index (χ1) is 8.77. The summed E-state index contributed by atoms with van der Waals surface area (Å²) in [6.07, 6.45) is 0. The number of hydrogen-bond acceptors (Lipinski definition) is 2. The molecular weight excluding hydrogens is 244 g/mol. The van der Waals surface area contributed by atoms with Gasteiger partial charge in [0.2, 0.25) is 0 Å². The summed E-state index contributed by atoms with van der Waals surface area (Å²) in [4.78, 5) is 6.58. The molecule has 1 aliphatic rings. The van der Waals surface area contributed by atoms with Crippen LogP contribution in [0.25, 0.3) is 10.9 Å². The van der Waals surface area contributed by atoms with Crippen LogP contribution in [-0.4, -0.2) is 41.2 Å². The maximum absolute atomic E-state index is 5.66. The molecule has 1 fully saturated rings. The van der Waals surface area contributed by atoms with Crippen LogP contribution in [0.2, 0.25) is 0 Å². The number of H-pyrrole nitrogens is 1. The zero-order chi connectivity index (χ0) is 12.5. The van der Waals surface area contributed by atoms with Gasteiger partial charge in [0.25, 0.3) is 0 Å². The molecular formula is C14H16N2OS. The fourth-order valence-corrected chi connectivity index (χ4v) is 2.92. The van der Waals surface area contributed by atoms with Gasteiger partial charge in [0, 0.05) is 35.2 Å². The van der Waals surface area contributed by atoms with Gasteiger partial charge in [-0.05, 0) is 13.0 Å². The highest BCUT2D eigenvalue weighted by molar-refractivity contribution is 7.80. The van der Waals surface area contributed by atoms with Crippen molar-refractivity contribution in [1.29, 1.82) is 0 Å². The van der Waals surface area contributed by atoms with Crippen LogP contribution in [0.5, 0.6) is 0 Å². The van der Waals surface area contributed by atoms with E-state index in [-0.39, 0.29) is 0 Å². The van der Waals surface area contributed by atoms with Crippen LogP contribution in [0.3, 0.4) is 0 Å². The number of para-hydroxylation sites is 1. The van der Waals surface area contributed by atoms with Crippen molar-refractivity contribution in [3.05, 3.63) is 35.5 Å². The van der Waals surface area contributed by atoms with Crippen LogP contribution in [0.1, 0.15) is 11.3 Å². The van der Waals surface area contributed by atoms with Crippen molar-refractivity contribution in [3.63, 3.8) is 0 Å². The number of ether oxygens (including phenoxy) is 1. The summed E-state index contributed by atoms with van der Waals surface area (Å²) in [5, 5.41) is 1.21. The maximum atomic E-state index is 5.66. The number of nitrogens with zero attached hydrogens (tertiary/aromatic N) is 1. The van der Waals surface area contributed by atoms with E-state index in [1.54, 1.807) is 0 Å². The van der Waals surface area contributed by atoms with Gasteiger partial charge in [-0.25, -0.2) is 0 Å². The van der Waals surface area contributed by atoms with Crippen molar-refractivity contribution >= 4 is 28.1 Å². The summed E-state index contributed by atoms with van der Waals surface area (Å²) in [5.74, 6) is 0. The number of fused-ring (bicyclic) bond motifs is 1. The van der Waals surface area contributed by atoms with Gasteiger partial charge in [0.1, 0.15) is 4.99 Å². The third kappa shape index (κ3) is 1.91. The topological polar surface area (TPSA) is 28.3 Å². The molecule has 2 heterocycles. The highest BCUT2D eigenvalue weighted by Crippen LogP contribution is 2.24. The molecule has 1 N–H and O–H groups in total. The van der Waals surface area contributed by atoms with Crippen LogP contribution < -0.4 is 0 Å². The molecule has 1 aromatic heterocycles. The fraction of sp³-hybridized carbons (Fsp3) is 0.357. The van der Waals surface area contributed by atoms with Gasteiger partial charge in [-0.3, -0.25) is 0 Å². The first-order valence-electron chi connectivity index (χ1n) is 6.21. The molecule has 4 heteroatoms. The lowest BCUT2D eigenvalue weighted by Gasteiger charge is -2.29. The number of aromatic nitrogens is 1. The summed E-state index contributed by atoms with van der Waals surface area (Å²) in [6, 6.07) is 8.32. The Hall–Kier alpha value is -1.39. The molecule has 3 nitrogen and oxygen atoms in total. The van der Waals surface area contributed by atoms with Crippen molar-refractivity contribution in [1.82, 2.24) is 9.88 Å². The minimum atomic E-state index is 0.765. The highest BCUT2D eigenvalue weighted by atomic mass is 32.1. The lowest BCUT2D eigenvalue weighted by atomic mass is 10.1. The summed E-state index contributed by atoms with van der Waals surface area (Å²) in [6.45, 7) is 5.39. The third-order valence-electron chi connectivity index (χ3n) is 3.41. The van der Waals surface area contributed by atoms with Gasteiger partial charge in [0.15, 0.2) is 0 Å². The SMILES string of the molecule is Cc1[nH]c2ccccc2c1C(=S)N1CCOCC1. The third-order valence-corrected chi connectivity index (χ3v) is 3.87. The highest BCUT2D eigenvalue weighted by Gasteiger charge is 2.19. The van der Waals surface area contributed by atoms with Crippen molar-refractivity contribution in [2.75, 3.05) is 26.3 Å². The van der Waals surface area contributed by atoms with Gasteiger partial charge >= 0.3 is 0 Å². The average molecular weight is 260 g/mol. The molecule has 0 amide bonds. The zero-order valence-corrected chi connectivity index (χ0v) is 11.2. The average Bonchev–Trinajstić information content (AvgIpc) is 2.75. The second kappa shape index (κ2) is 4.71. The van der Waals surface area contributed by atoms with Crippen LogP contribution in [0, 0.1) is 6.92 Å². The summed E-state index contributed by atoms with van der Waals surface area (Å²) >= 11 is 5.66. The van der Waals surface area contributed by atoms with E-state index in [9.17, 15) is 0 Å².